The van der Waals surface area contributed by atoms with Gasteiger partial charge in [-0.2, -0.15) is 0 Å². The predicted molar refractivity (Wildman–Crippen MR) is 114 cm³/mol. The number of rotatable bonds is 9. The van der Waals surface area contributed by atoms with Gasteiger partial charge in [0, 0.05) is 12.1 Å². The van der Waals surface area contributed by atoms with E-state index in [0.717, 1.165) is 0 Å². The molecule has 1 amide bonds. The summed E-state index contributed by atoms with van der Waals surface area (Å²) in [5.41, 5.74) is 0.843. The Kier molecular flexibility index (Phi) is 7.69. The standard InChI is InChI=1S/C21H28N2O6S/c1-13(2)22-21(24)17-12-16(8-10-18(17)27-4)30(25,26)23-14(3)15-7-9-19(28-5)20(11-15)29-6/h7-14,23H,1-6H3,(H,22,24)/t14-/m0/s1. The largest absolute Gasteiger partial charge is 0.496 e. The number of nitrogens with one attached hydrogen (secondary N) is 2. The van der Waals surface area contributed by atoms with Crippen molar-refractivity contribution >= 4 is 15.9 Å². The second-order valence-corrected chi connectivity index (χ2v) is 8.66. The maximum Gasteiger partial charge on any atom is 0.255 e. The second kappa shape index (κ2) is 9.82. The molecule has 8 nitrogen and oxygen atoms in total. The zero-order valence-electron chi connectivity index (χ0n) is 18.0. The molecule has 0 heterocycles. The lowest BCUT2D eigenvalue weighted by atomic mass is 10.1. The Balaban J connectivity index is 2.34. The molecule has 0 unspecified atom stereocenters. The summed E-state index contributed by atoms with van der Waals surface area (Å²) in [4.78, 5) is 12.4. The highest BCUT2D eigenvalue weighted by Crippen LogP contribution is 2.30. The second-order valence-electron chi connectivity index (χ2n) is 6.95. The molecule has 1 atom stereocenters. The molecule has 0 fully saturated rings. The van der Waals surface area contributed by atoms with Gasteiger partial charge in [-0.15, -0.1) is 0 Å². The third-order valence-electron chi connectivity index (χ3n) is 4.39. The number of sulfonamides is 1. The summed E-state index contributed by atoms with van der Waals surface area (Å²) in [5.74, 6) is 0.928. The van der Waals surface area contributed by atoms with E-state index in [0.29, 0.717) is 22.8 Å². The van der Waals surface area contributed by atoms with Gasteiger partial charge >= 0.3 is 0 Å². The minimum absolute atomic E-state index is 0.0375. The van der Waals surface area contributed by atoms with Crippen molar-refractivity contribution in [1.82, 2.24) is 10.0 Å². The number of amides is 1. The summed E-state index contributed by atoms with van der Waals surface area (Å²) in [6.07, 6.45) is 0. The highest BCUT2D eigenvalue weighted by atomic mass is 32.2. The number of benzene rings is 2. The first kappa shape index (κ1) is 23.5. The average Bonchev–Trinajstić information content (AvgIpc) is 2.71. The monoisotopic (exact) mass is 436 g/mol. The van der Waals surface area contributed by atoms with Crippen LogP contribution in [0.2, 0.25) is 0 Å². The molecule has 2 aromatic rings. The van der Waals surface area contributed by atoms with E-state index in [4.69, 9.17) is 14.2 Å². The van der Waals surface area contributed by atoms with Crippen molar-refractivity contribution in [2.45, 2.75) is 37.8 Å². The zero-order valence-corrected chi connectivity index (χ0v) is 18.8. The number of carbonyl (C=O) groups is 1. The molecule has 164 valence electrons. The van der Waals surface area contributed by atoms with Gasteiger partial charge in [0.1, 0.15) is 5.75 Å². The van der Waals surface area contributed by atoms with E-state index < -0.39 is 22.0 Å². The molecular weight excluding hydrogens is 408 g/mol. The fraction of sp³-hybridized carbons (Fsp3) is 0.381. The summed E-state index contributed by atoms with van der Waals surface area (Å²) < 4.78 is 44.2. The summed E-state index contributed by atoms with van der Waals surface area (Å²) in [6, 6.07) is 8.68. The van der Waals surface area contributed by atoms with Crippen LogP contribution in [-0.2, 0) is 10.0 Å². The lowest BCUT2D eigenvalue weighted by Gasteiger charge is -2.18. The van der Waals surface area contributed by atoms with Gasteiger partial charge in [0.25, 0.3) is 5.91 Å². The molecule has 0 aliphatic heterocycles. The number of hydrogen-bond donors (Lipinski definition) is 2. The summed E-state index contributed by atoms with van der Waals surface area (Å²) >= 11 is 0. The first-order chi connectivity index (χ1) is 14.1. The average molecular weight is 437 g/mol. The molecule has 0 saturated carbocycles. The van der Waals surface area contributed by atoms with E-state index in [1.54, 1.807) is 25.1 Å². The molecule has 0 radical (unpaired) electrons. The molecule has 9 heteroatoms. The van der Waals surface area contributed by atoms with Crippen molar-refractivity contribution in [3.8, 4) is 17.2 Å². The summed E-state index contributed by atoms with van der Waals surface area (Å²) in [7, 11) is 0.553. The van der Waals surface area contributed by atoms with Crippen molar-refractivity contribution in [3.05, 3.63) is 47.5 Å². The molecule has 0 saturated heterocycles. The summed E-state index contributed by atoms with van der Waals surface area (Å²) in [5, 5.41) is 2.74. The molecule has 0 aliphatic rings. The normalized spacial score (nSPS) is 12.4. The topological polar surface area (TPSA) is 103 Å². The van der Waals surface area contributed by atoms with Gasteiger partial charge in [-0.3, -0.25) is 4.79 Å². The number of hydrogen-bond acceptors (Lipinski definition) is 6. The van der Waals surface area contributed by atoms with Crippen molar-refractivity contribution in [1.29, 1.82) is 0 Å². The van der Waals surface area contributed by atoms with Gasteiger partial charge < -0.3 is 19.5 Å². The Morgan fingerprint density at radius 3 is 2.03 bits per heavy atom. The van der Waals surface area contributed by atoms with E-state index in [2.05, 4.69) is 10.0 Å². The van der Waals surface area contributed by atoms with E-state index >= 15 is 0 Å². The Morgan fingerprint density at radius 2 is 1.47 bits per heavy atom. The molecule has 2 N–H and O–H groups in total. The SMILES string of the molecule is COc1ccc([C@H](C)NS(=O)(=O)c2ccc(OC)c(C(=O)NC(C)C)c2)cc1OC. The van der Waals surface area contributed by atoms with E-state index in [1.165, 1.54) is 39.5 Å². The lowest BCUT2D eigenvalue weighted by Crippen LogP contribution is -2.31. The molecule has 0 bridgehead atoms. The molecule has 0 spiro atoms. The summed E-state index contributed by atoms with van der Waals surface area (Å²) in [6.45, 7) is 5.35. The van der Waals surface area contributed by atoms with Crippen LogP contribution in [0.3, 0.4) is 0 Å². The fourth-order valence-electron chi connectivity index (χ4n) is 2.86. The van der Waals surface area contributed by atoms with Gasteiger partial charge in [0.2, 0.25) is 10.0 Å². The van der Waals surface area contributed by atoms with Gasteiger partial charge in [0.15, 0.2) is 11.5 Å². The quantitative estimate of drug-likeness (QED) is 0.627. The Labute approximate surface area is 177 Å². The zero-order chi connectivity index (χ0) is 22.5. The van der Waals surface area contributed by atoms with Crippen LogP contribution in [0.4, 0.5) is 0 Å². The van der Waals surface area contributed by atoms with Crippen molar-refractivity contribution < 1.29 is 27.4 Å². The van der Waals surface area contributed by atoms with Crippen molar-refractivity contribution in [2.24, 2.45) is 0 Å². The molecule has 0 aromatic heterocycles. The van der Waals surface area contributed by atoms with Gasteiger partial charge in [-0.25, -0.2) is 13.1 Å². The minimum Gasteiger partial charge on any atom is -0.496 e. The maximum atomic E-state index is 13.0. The van der Waals surface area contributed by atoms with Crippen LogP contribution in [0.1, 0.15) is 42.7 Å². The third-order valence-corrected chi connectivity index (χ3v) is 5.92. The van der Waals surface area contributed by atoms with Crippen LogP contribution < -0.4 is 24.2 Å². The van der Waals surface area contributed by atoms with Crippen LogP contribution >= 0.6 is 0 Å². The smallest absolute Gasteiger partial charge is 0.255 e. The van der Waals surface area contributed by atoms with Gasteiger partial charge in [0.05, 0.1) is 31.8 Å². The fourth-order valence-corrected chi connectivity index (χ4v) is 4.12. The number of carbonyl (C=O) groups excluding carboxylic acids is 1. The molecular formula is C21H28N2O6S. The van der Waals surface area contributed by atoms with Gasteiger partial charge in [-0.1, -0.05) is 6.07 Å². The number of ether oxygens (including phenoxy) is 3. The predicted octanol–water partition coefficient (Wildman–Crippen LogP) is 2.89. The highest BCUT2D eigenvalue weighted by Gasteiger charge is 2.23. The molecule has 2 aromatic carbocycles. The van der Waals surface area contributed by atoms with Crippen LogP contribution in [0.15, 0.2) is 41.3 Å². The number of methoxy groups -OCH3 is 3. The van der Waals surface area contributed by atoms with E-state index in [9.17, 15) is 13.2 Å². The Bertz CT molecular complexity index is 1000. The lowest BCUT2D eigenvalue weighted by molar-refractivity contribution is 0.0940. The van der Waals surface area contributed by atoms with Crippen LogP contribution in [-0.4, -0.2) is 41.7 Å². The van der Waals surface area contributed by atoms with Crippen LogP contribution in [0.25, 0.3) is 0 Å². The van der Waals surface area contributed by atoms with Crippen LogP contribution in [0, 0.1) is 0 Å². The van der Waals surface area contributed by atoms with Crippen molar-refractivity contribution in [3.63, 3.8) is 0 Å². The third kappa shape index (κ3) is 5.43. The van der Waals surface area contributed by atoms with Crippen molar-refractivity contribution in [2.75, 3.05) is 21.3 Å². The first-order valence-corrected chi connectivity index (χ1v) is 10.8. The van der Waals surface area contributed by atoms with E-state index in [1.807, 2.05) is 13.8 Å². The Morgan fingerprint density at radius 1 is 0.867 bits per heavy atom. The molecule has 2 rings (SSSR count). The van der Waals surface area contributed by atoms with Crippen LogP contribution in [0.5, 0.6) is 17.2 Å². The van der Waals surface area contributed by atoms with Gasteiger partial charge in [-0.05, 0) is 56.7 Å². The highest BCUT2D eigenvalue weighted by molar-refractivity contribution is 7.89. The first-order valence-electron chi connectivity index (χ1n) is 9.36. The maximum absolute atomic E-state index is 13.0. The molecule has 30 heavy (non-hydrogen) atoms. The minimum atomic E-state index is -3.91. The molecule has 0 aliphatic carbocycles. The van der Waals surface area contributed by atoms with E-state index in [-0.39, 0.29) is 16.5 Å². The Hall–Kier alpha value is -2.78.